The molecule has 0 bridgehead atoms. The van der Waals surface area contributed by atoms with Crippen LogP contribution >= 0.6 is 11.3 Å². The van der Waals surface area contributed by atoms with E-state index >= 15 is 0 Å². The SMILES string of the molecule is CNc1nn2c(=O)cc(C)nc2s1. The van der Waals surface area contributed by atoms with E-state index in [0.29, 0.717) is 10.1 Å². The van der Waals surface area contributed by atoms with Crippen LogP contribution in [-0.4, -0.2) is 21.6 Å². The second-order valence-corrected chi connectivity index (χ2v) is 3.54. The highest BCUT2D eigenvalue weighted by Gasteiger charge is 2.05. The number of fused-ring (bicyclic) bond motifs is 1. The van der Waals surface area contributed by atoms with Gasteiger partial charge in [0.25, 0.3) is 5.56 Å². The van der Waals surface area contributed by atoms with Gasteiger partial charge in [0, 0.05) is 18.8 Å². The highest BCUT2D eigenvalue weighted by atomic mass is 32.1. The molecule has 0 radical (unpaired) electrons. The summed E-state index contributed by atoms with van der Waals surface area (Å²) in [5, 5.41) is 7.58. The summed E-state index contributed by atoms with van der Waals surface area (Å²) in [5.41, 5.74) is 0.580. The summed E-state index contributed by atoms with van der Waals surface area (Å²) in [5.74, 6) is 0. The van der Waals surface area contributed by atoms with Crippen molar-refractivity contribution < 1.29 is 0 Å². The predicted octanol–water partition coefficient (Wildman–Crippen LogP) is 0.501. The van der Waals surface area contributed by atoms with E-state index in [1.165, 1.54) is 21.9 Å². The molecular formula is C7H8N4OS. The van der Waals surface area contributed by atoms with Gasteiger partial charge >= 0.3 is 0 Å². The average molecular weight is 196 g/mol. The van der Waals surface area contributed by atoms with Gasteiger partial charge in [-0.15, -0.1) is 5.10 Å². The molecular weight excluding hydrogens is 188 g/mol. The standard InChI is InChI=1S/C7H8N4OS/c1-4-3-5(12)11-7(9-4)13-6(8-2)10-11/h3H,1-2H3,(H,8,10). The first-order valence-electron chi connectivity index (χ1n) is 3.76. The summed E-state index contributed by atoms with van der Waals surface area (Å²) < 4.78 is 1.30. The molecule has 68 valence electrons. The van der Waals surface area contributed by atoms with Gasteiger partial charge in [-0.05, 0) is 6.92 Å². The quantitative estimate of drug-likeness (QED) is 0.721. The van der Waals surface area contributed by atoms with Crippen molar-refractivity contribution in [1.29, 1.82) is 0 Å². The molecule has 1 N–H and O–H groups in total. The maximum absolute atomic E-state index is 11.4. The minimum atomic E-state index is -0.139. The van der Waals surface area contributed by atoms with Crippen LogP contribution in [0.1, 0.15) is 5.69 Å². The highest BCUT2D eigenvalue weighted by Crippen LogP contribution is 2.14. The smallest absolute Gasteiger partial charge is 0.275 e. The topological polar surface area (TPSA) is 59.3 Å². The molecule has 6 heteroatoms. The van der Waals surface area contributed by atoms with Crippen LogP contribution in [0, 0.1) is 6.92 Å². The number of hydrogen-bond acceptors (Lipinski definition) is 5. The van der Waals surface area contributed by atoms with Crippen LogP contribution < -0.4 is 10.9 Å². The van der Waals surface area contributed by atoms with E-state index in [1.54, 1.807) is 14.0 Å². The number of nitrogens with zero attached hydrogens (tertiary/aromatic N) is 3. The van der Waals surface area contributed by atoms with Crippen molar-refractivity contribution in [3.05, 3.63) is 22.1 Å². The Hall–Kier alpha value is -1.43. The normalized spacial score (nSPS) is 10.6. The second kappa shape index (κ2) is 2.81. The van der Waals surface area contributed by atoms with Gasteiger partial charge in [0.2, 0.25) is 10.1 Å². The molecule has 0 aliphatic rings. The molecule has 0 spiro atoms. The number of anilines is 1. The summed E-state index contributed by atoms with van der Waals surface area (Å²) in [6.07, 6.45) is 0. The molecule has 13 heavy (non-hydrogen) atoms. The van der Waals surface area contributed by atoms with Crippen LogP contribution in [0.15, 0.2) is 10.9 Å². The molecule has 0 atom stereocenters. The Balaban J connectivity index is 2.83. The first-order valence-corrected chi connectivity index (χ1v) is 4.57. The Bertz CT molecular complexity index is 501. The van der Waals surface area contributed by atoms with Crippen molar-refractivity contribution in [2.45, 2.75) is 6.92 Å². The van der Waals surface area contributed by atoms with Gasteiger partial charge in [0.15, 0.2) is 0 Å². The first kappa shape index (κ1) is 8.18. The lowest BCUT2D eigenvalue weighted by Crippen LogP contribution is -2.14. The number of aromatic nitrogens is 3. The van der Waals surface area contributed by atoms with E-state index < -0.39 is 0 Å². The molecule has 2 aromatic heterocycles. The van der Waals surface area contributed by atoms with E-state index in [0.717, 1.165) is 5.69 Å². The largest absolute Gasteiger partial charge is 0.363 e. The van der Waals surface area contributed by atoms with Crippen LogP contribution in [0.25, 0.3) is 4.96 Å². The zero-order valence-corrected chi connectivity index (χ0v) is 8.05. The van der Waals surface area contributed by atoms with Gasteiger partial charge in [-0.2, -0.15) is 4.52 Å². The average Bonchev–Trinajstić information content (AvgIpc) is 2.47. The molecule has 5 nitrogen and oxygen atoms in total. The Labute approximate surface area is 78.0 Å². The predicted molar refractivity (Wildman–Crippen MR) is 51.4 cm³/mol. The molecule has 2 heterocycles. The van der Waals surface area contributed by atoms with Gasteiger partial charge < -0.3 is 5.32 Å². The monoisotopic (exact) mass is 196 g/mol. The third kappa shape index (κ3) is 1.29. The zero-order valence-electron chi connectivity index (χ0n) is 7.24. The summed E-state index contributed by atoms with van der Waals surface area (Å²) in [4.78, 5) is 16.2. The van der Waals surface area contributed by atoms with E-state index in [9.17, 15) is 4.79 Å². The molecule has 0 saturated carbocycles. The molecule has 2 rings (SSSR count). The van der Waals surface area contributed by atoms with Crippen LogP contribution in [0.5, 0.6) is 0 Å². The van der Waals surface area contributed by atoms with Crippen molar-refractivity contribution in [3.63, 3.8) is 0 Å². The Morgan fingerprint density at radius 3 is 3.08 bits per heavy atom. The minimum absolute atomic E-state index is 0.139. The lowest BCUT2D eigenvalue weighted by Gasteiger charge is -1.89. The van der Waals surface area contributed by atoms with Crippen LogP contribution in [0.2, 0.25) is 0 Å². The van der Waals surface area contributed by atoms with Gasteiger partial charge in [-0.1, -0.05) is 11.3 Å². The fourth-order valence-electron chi connectivity index (χ4n) is 1.02. The summed E-state index contributed by atoms with van der Waals surface area (Å²) in [6.45, 7) is 1.79. The van der Waals surface area contributed by atoms with Crippen LogP contribution in [-0.2, 0) is 0 Å². The fraction of sp³-hybridized carbons (Fsp3) is 0.286. The van der Waals surface area contributed by atoms with Gasteiger partial charge in [-0.3, -0.25) is 4.79 Å². The van der Waals surface area contributed by atoms with Gasteiger partial charge in [0.05, 0.1) is 0 Å². The van der Waals surface area contributed by atoms with Crippen molar-refractivity contribution in [3.8, 4) is 0 Å². The Morgan fingerprint density at radius 2 is 2.38 bits per heavy atom. The third-order valence-electron chi connectivity index (χ3n) is 1.59. The summed E-state index contributed by atoms with van der Waals surface area (Å²) in [6, 6.07) is 1.46. The highest BCUT2D eigenvalue weighted by molar-refractivity contribution is 7.20. The third-order valence-corrected chi connectivity index (χ3v) is 2.51. The van der Waals surface area contributed by atoms with Crippen LogP contribution in [0.4, 0.5) is 5.13 Å². The lowest BCUT2D eigenvalue weighted by molar-refractivity contribution is 0.892. The molecule has 0 aliphatic carbocycles. The molecule has 0 aromatic carbocycles. The molecule has 0 amide bonds. The van der Waals surface area contributed by atoms with Gasteiger partial charge in [0.1, 0.15) is 0 Å². The number of hydrogen-bond donors (Lipinski definition) is 1. The first-order chi connectivity index (χ1) is 6.20. The van der Waals surface area contributed by atoms with Crippen molar-refractivity contribution >= 4 is 21.4 Å². The van der Waals surface area contributed by atoms with Gasteiger partial charge in [-0.25, -0.2) is 4.98 Å². The van der Waals surface area contributed by atoms with E-state index in [4.69, 9.17) is 0 Å². The fourth-order valence-corrected chi connectivity index (χ4v) is 1.83. The van der Waals surface area contributed by atoms with Crippen molar-refractivity contribution in [2.75, 3.05) is 12.4 Å². The van der Waals surface area contributed by atoms with E-state index in [1.807, 2.05) is 0 Å². The Kier molecular flexibility index (Phi) is 1.77. The molecule has 0 saturated heterocycles. The van der Waals surface area contributed by atoms with Crippen molar-refractivity contribution in [2.24, 2.45) is 0 Å². The molecule has 0 fully saturated rings. The zero-order chi connectivity index (χ0) is 9.42. The summed E-state index contributed by atoms with van der Waals surface area (Å²) in [7, 11) is 1.76. The second-order valence-electron chi connectivity index (χ2n) is 2.59. The maximum atomic E-state index is 11.4. The van der Waals surface area contributed by atoms with Crippen LogP contribution in [0.3, 0.4) is 0 Å². The minimum Gasteiger partial charge on any atom is -0.363 e. The number of aryl methyl sites for hydroxylation is 1. The Morgan fingerprint density at radius 1 is 1.62 bits per heavy atom. The molecule has 0 aliphatic heterocycles. The van der Waals surface area contributed by atoms with E-state index in [-0.39, 0.29) is 5.56 Å². The van der Waals surface area contributed by atoms with E-state index in [2.05, 4.69) is 15.4 Å². The number of rotatable bonds is 1. The number of nitrogens with one attached hydrogen (secondary N) is 1. The molecule has 2 aromatic rings. The lowest BCUT2D eigenvalue weighted by atomic mass is 10.5. The molecule has 0 unspecified atom stereocenters. The summed E-state index contributed by atoms with van der Waals surface area (Å²) >= 11 is 1.36. The maximum Gasteiger partial charge on any atom is 0.275 e. The van der Waals surface area contributed by atoms with Crippen molar-refractivity contribution in [1.82, 2.24) is 14.6 Å².